The van der Waals surface area contributed by atoms with E-state index in [4.69, 9.17) is 11.2 Å². The largest absolute Gasteiger partial charge is 0.465 e. The quantitative estimate of drug-likeness (QED) is 0.502. The smallest absolute Gasteiger partial charge is 0.337 e. The van der Waals surface area contributed by atoms with E-state index < -0.39 is 0 Å². The molecule has 0 aliphatic carbocycles. The topological polar surface area (TPSA) is 64.3 Å². The molecule has 0 aliphatic heterocycles. The number of aliphatic hydroxyl groups excluding tert-OH is 1. The van der Waals surface area contributed by atoms with E-state index in [0.717, 1.165) is 10.7 Å². The number of hydrogen-bond acceptors (Lipinski definition) is 5. The second-order valence-corrected chi connectivity index (χ2v) is 5.40. The van der Waals surface area contributed by atoms with Crippen molar-refractivity contribution in [3.05, 3.63) is 47.3 Å². The van der Waals surface area contributed by atoms with Crippen molar-refractivity contribution in [2.75, 3.05) is 7.11 Å². The second-order valence-electron chi connectivity index (χ2n) is 4.46. The van der Waals surface area contributed by atoms with Gasteiger partial charge in [0.05, 0.1) is 37.7 Å². The summed E-state index contributed by atoms with van der Waals surface area (Å²) in [7, 11) is 1.36. The molecule has 5 nitrogen and oxygen atoms in total. The van der Waals surface area contributed by atoms with Gasteiger partial charge in [-0.25, -0.2) is 9.78 Å². The number of aliphatic hydroxyl groups is 1. The van der Waals surface area contributed by atoms with Crippen LogP contribution in [0.4, 0.5) is 0 Å². The number of ether oxygens (including phenoxy) is 1. The highest BCUT2D eigenvalue weighted by Crippen LogP contribution is 2.23. The van der Waals surface area contributed by atoms with Gasteiger partial charge < -0.3 is 14.4 Å². The molecule has 1 aromatic carbocycles. The third-order valence-electron chi connectivity index (χ3n) is 3.03. The molecule has 1 heterocycles. The van der Waals surface area contributed by atoms with Gasteiger partial charge >= 0.3 is 5.97 Å². The highest BCUT2D eigenvalue weighted by Gasteiger charge is 2.10. The van der Waals surface area contributed by atoms with Gasteiger partial charge in [-0.05, 0) is 17.7 Å². The van der Waals surface area contributed by atoms with Crippen molar-refractivity contribution in [1.29, 1.82) is 0 Å². The molecule has 6 heteroatoms. The van der Waals surface area contributed by atoms with Gasteiger partial charge in [0.2, 0.25) is 0 Å². The standard InChI is InChI=1S/C16H16N2O3S/c1-3-7-18-14(10-19)9-17-16(18)22-11-12-5-4-6-13(8-12)15(20)21-2/h1,4-6,8-9,19H,7,10-11H2,2H3. The van der Waals surface area contributed by atoms with Crippen LogP contribution in [-0.4, -0.2) is 27.7 Å². The number of carbonyl (C=O) groups excluding carboxylic acids is 1. The van der Waals surface area contributed by atoms with Gasteiger partial charge in [-0.15, -0.1) is 6.42 Å². The molecule has 0 unspecified atom stereocenters. The highest BCUT2D eigenvalue weighted by atomic mass is 32.2. The third-order valence-corrected chi connectivity index (χ3v) is 4.09. The van der Waals surface area contributed by atoms with E-state index in [9.17, 15) is 9.90 Å². The number of aromatic nitrogens is 2. The van der Waals surface area contributed by atoms with Gasteiger partial charge in [0.25, 0.3) is 0 Å². The molecule has 0 radical (unpaired) electrons. The normalized spacial score (nSPS) is 10.2. The van der Waals surface area contributed by atoms with Crippen LogP contribution in [0.2, 0.25) is 0 Å². The third kappa shape index (κ3) is 3.70. The summed E-state index contributed by atoms with van der Waals surface area (Å²) in [5.41, 5.74) is 2.18. The molecule has 1 aromatic heterocycles. The maximum atomic E-state index is 11.5. The first-order valence-corrected chi connectivity index (χ1v) is 7.57. The maximum Gasteiger partial charge on any atom is 0.337 e. The van der Waals surface area contributed by atoms with E-state index in [-0.39, 0.29) is 12.6 Å². The van der Waals surface area contributed by atoms with Crippen molar-refractivity contribution in [3.8, 4) is 12.3 Å². The number of rotatable bonds is 6. The van der Waals surface area contributed by atoms with Crippen LogP contribution < -0.4 is 0 Å². The SMILES string of the molecule is C#CCn1c(CO)cnc1SCc1cccc(C(=O)OC)c1. The van der Waals surface area contributed by atoms with Crippen molar-refractivity contribution >= 4 is 17.7 Å². The number of esters is 1. The minimum atomic E-state index is -0.358. The van der Waals surface area contributed by atoms with Crippen molar-refractivity contribution in [2.24, 2.45) is 0 Å². The summed E-state index contributed by atoms with van der Waals surface area (Å²) in [4.78, 5) is 15.8. The van der Waals surface area contributed by atoms with Gasteiger partial charge in [-0.3, -0.25) is 0 Å². The Kier molecular flexibility index (Phi) is 5.64. The molecule has 0 spiro atoms. The zero-order valence-electron chi connectivity index (χ0n) is 12.2. The van der Waals surface area contributed by atoms with Crippen LogP contribution in [-0.2, 0) is 23.6 Å². The van der Waals surface area contributed by atoms with E-state index in [0.29, 0.717) is 23.6 Å². The number of benzene rings is 1. The minimum Gasteiger partial charge on any atom is -0.465 e. The molecular weight excluding hydrogens is 300 g/mol. The van der Waals surface area contributed by atoms with Crippen LogP contribution in [0, 0.1) is 12.3 Å². The Morgan fingerprint density at radius 3 is 3.05 bits per heavy atom. The van der Waals surface area contributed by atoms with E-state index in [1.807, 2.05) is 12.1 Å². The Labute approximate surface area is 133 Å². The summed E-state index contributed by atoms with van der Waals surface area (Å²) in [6.07, 6.45) is 6.96. The molecule has 0 atom stereocenters. The van der Waals surface area contributed by atoms with Crippen LogP contribution in [0.5, 0.6) is 0 Å². The molecule has 0 saturated carbocycles. The molecule has 1 N–H and O–H groups in total. The number of methoxy groups -OCH3 is 1. The number of thioether (sulfide) groups is 1. The lowest BCUT2D eigenvalue weighted by atomic mass is 10.1. The van der Waals surface area contributed by atoms with Crippen LogP contribution in [0.15, 0.2) is 35.6 Å². The molecule has 22 heavy (non-hydrogen) atoms. The highest BCUT2D eigenvalue weighted by molar-refractivity contribution is 7.98. The van der Waals surface area contributed by atoms with Crippen LogP contribution in [0.1, 0.15) is 21.6 Å². The molecule has 0 amide bonds. The lowest BCUT2D eigenvalue weighted by Crippen LogP contribution is -2.03. The molecule has 114 valence electrons. The Bertz CT molecular complexity index is 704. The summed E-state index contributed by atoms with van der Waals surface area (Å²) in [6, 6.07) is 7.25. The van der Waals surface area contributed by atoms with Crippen molar-refractivity contribution in [1.82, 2.24) is 9.55 Å². The fraction of sp³-hybridized carbons (Fsp3) is 0.250. The number of nitrogens with zero attached hydrogens (tertiary/aromatic N) is 2. The number of terminal acetylenes is 1. The molecule has 0 bridgehead atoms. The molecule has 2 rings (SSSR count). The number of hydrogen-bond donors (Lipinski definition) is 1. The lowest BCUT2D eigenvalue weighted by molar-refractivity contribution is 0.0600. The lowest BCUT2D eigenvalue weighted by Gasteiger charge is -2.07. The van der Waals surface area contributed by atoms with Crippen molar-refractivity contribution < 1.29 is 14.6 Å². The predicted molar refractivity (Wildman–Crippen MR) is 84.3 cm³/mol. The van der Waals surface area contributed by atoms with Crippen LogP contribution in [0.3, 0.4) is 0 Å². The summed E-state index contributed by atoms with van der Waals surface area (Å²) >= 11 is 1.50. The molecule has 0 saturated heterocycles. The summed E-state index contributed by atoms with van der Waals surface area (Å²) in [5, 5.41) is 10.0. The number of imidazole rings is 1. The van der Waals surface area contributed by atoms with Gasteiger partial charge in [-0.1, -0.05) is 29.8 Å². The summed E-state index contributed by atoms with van der Waals surface area (Å²) < 4.78 is 6.51. The van der Waals surface area contributed by atoms with E-state index in [2.05, 4.69) is 10.9 Å². The Morgan fingerprint density at radius 1 is 1.55 bits per heavy atom. The predicted octanol–water partition coefficient (Wildman–Crippen LogP) is 2.09. The van der Waals surface area contributed by atoms with Crippen LogP contribution in [0.25, 0.3) is 0 Å². The Hall–Kier alpha value is -2.23. The van der Waals surface area contributed by atoms with E-state index in [1.54, 1.807) is 22.9 Å². The molecule has 2 aromatic rings. The monoisotopic (exact) mass is 316 g/mol. The first-order valence-electron chi connectivity index (χ1n) is 6.58. The first kappa shape index (κ1) is 16.1. The van der Waals surface area contributed by atoms with E-state index in [1.165, 1.54) is 18.9 Å². The van der Waals surface area contributed by atoms with Crippen molar-refractivity contribution in [3.63, 3.8) is 0 Å². The van der Waals surface area contributed by atoms with Gasteiger partial charge in [0.15, 0.2) is 5.16 Å². The van der Waals surface area contributed by atoms with Gasteiger partial charge in [0, 0.05) is 5.75 Å². The van der Waals surface area contributed by atoms with E-state index >= 15 is 0 Å². The van der Waals surface area contributed by atoms with Crippen LogP contribution >= 0.6 is 11.8 Å². The zero-order chi connectivity index (χ0) is 15.9. The average Bonchev–Trinajstić information content (AvgIpc) is 2.95. The fourth-order valence-corrected chi connectivity index (χ4v) is 2.89. The molecule has 0 fully saturated rings. The minimum absolute atomic E-state index is 0.104. The maximum absolute atomic E-state index is 11.5. The second kappa shape index (κ2) is 7.69. The molecular formula is C16H16N2O3S. The zero-order valence-corrected chi connectivity index (χ0v) is 13.0. The number of carbonyl (C=O) groups is 1. The average molecular weight is 316 g/mol. The van der Waals surface area contributed by atoms with Gasteiger partial charge in [0.1, 0.15) is 0 Å². The summed E-state index contributed by atoms with van der Waals surface area (Å²) in [5.74, 6) is 2.83. The first-order chi connectivity index (χ1) is 10.7. The van der Waals surface area contributed by atoms with Crippen molar-refractivity contribution in [2.45, 2.75) is 24.1 Å². The van der Waals surface area contributed by atoms with Gasteiger partial charge in [-0.2, -0.15) is 0 Å². The Balaban J connectivity index is 2.12. The fourth-order valence-electron chi connectivity index (χ4n) is 1.95. The Morgan fingerprint density at radius 2 is 2.36 bits per heavy atom. The summed E-state index contributed by atoms with van der Waals surface area (Å²) in [6.45, 7) is 0.257. The molecule has 0 aliphatic rings.